The molecule has 0 radical (unpaired) electrons. The van der Waals surface area contributed by atoms with Crippen LogP contribution in [0, 0.1) is 11.3 Å². The minimum atomic E-state index is -0.579. The molecule has 164 valence electrons. The number of amides is 2. The molecule has 2 aromatic carbocycles. The van der Waals surface area contributed by atoms with E-state index in [0.717, 1.165) is 10.5 Å². The van der Waals surface area contributed by atoms with Crippen LogP contribution in [0.3, 0.4) is 0 Å². The Morgan fingerprint density at radius 3 is 2.28 bits per heavy atom. The maximum absolute atomic E-state index is 13.4. The van der Waals surface area contributed by atoms with E-state index in [1.54, 1.807) is 32.1 Å². The van der Waals surface area contributed by atoms with Crippen LogP contribution in [0.4, 0.5) is 0 Å². The number of rotatable bonds is 7. The molecule has 6 heteroatoms. The van der Waals surface area contributed by atoms with Crippen molar-refractivity contribution in [2.75, 3.05) is 13.2 Å². The van der Waals surface area contributed by atoms with E-state index in [2.05, 4.69) is 0 Å². The molecular formula is C26H26N2O4. The molecule has 6 nitrogen and oxygen atoms in total. The van der Waals surface area contributed by atoms with E-state index in [4.69, 9.17) is 9.47 Å². The highest BCUT2D eigenvalue weighted by Gasteiger charge is 2.38. The smallest absolute Gasteiger partial charge is 0.272 e. The molecule has 2 aromatic rings. The van der Waals surface area contributed by atoms with Crippen molar-refractivity contribution in [3.63, 3.8) is 0 Å². The number of imide groups is 1. The third-order valence-electron chi connectivity index (χ3n) is 5.32. The Kier molecular flexibility index (Phi) is 7.11. The number of nitrogens with zero attached hydrogens (tertiary/aromatic N) is 2. The van der Waals surface area contributed by atoms with Crippen LogP contribution in [0.5, 0.6) is 11.5 Å². The van der Waals surface area contributed by atoms with Crippen LogP contribution in [-0.4, -0.2) is 29.9 Å². The van der Waals surface area contributed by atoms with Gasteiger partial charge in [-0.1, -0.05) is 36.4 Å². The fourth-order valence-electron chi connectivity index (χ4n) is 3.66. The van der Waals surface area contributed by atoms with Gasteiger partial charge in [0.2, 0.25) is 0 Å². The summed E-state index contributed by atoms with van der Waals surface area (Å²) in [6, 6.07) is 16.1. The summed E-state index contributed by atoms with van der Waals surface area (Å²) in [4.78, 5) is 27.6. The van der Waals surface area contributed by atoms with Crippen molar-refractivity contribution in [2.24, 2.45) is 0 Å². The Morgan fingerprint density at radius 2 is 1.66 bits per heavy atom. The van der Waals surface area contributed by atoms with Gasteiger partial charge in [0.1, 0.15) is 11.6 Å². The molecule has 0 N–H and O–H groups in total. The number of hydrogen-bond acceptors (Lipinski definition) is 5. The minimum Gasteiger partial charge on any atom is -0.490 e. The lowest BCUT2D eigenvalue weighted by atomic mass is 9.91. The summed E-state index contributed by atoms with van der Waals surface area (Å²) in [6.45, 7) is 8.15. The molecule has 1 unspecified atom stereocenters. The van der Waals surface area contributed by atoms with Crippen LogP contribution < -0.4 is 9.47 Å². The van der Waals surface area contributed by atoms with Crippen molar-refractivity contribution in [3.8, 4) is 17.6 Å². The first-order valence-electron chi connectivity index (χ1n) is 10.6. The second-order valence-electron chi connectivity index (χ2n) is 7.31. The van der Waals surface area contributed by atoms with Gasteiger partial charge in [0.15, 0.2) is 11.5 Å². The van der Waals surface area contributed by atoms with Crippen molar-refractivity contribution in [3.05, 3.63) is 76.4 Å². The average Bonchev–Trinajstić information content (AvgIpc) is 2.79. The Labute approximate surface area is 188 Å². The maximum atomic E-state index is 13.4. The molecular weight excluding hydrogens is 404 g/mol. The van der Waals surface area contributed by atoms with Crippen LogP contribution in [0.1, 0.15) is 44.9 Å². The van der Waals surface area contributed by atoms with E-state index in [1.165, 1.54) is 0 Å². The second kappa shape index (κ2) is 9.97. The number of carbonyl (C=O) groups excluding carboxylic acids is 2. The van der Waals surface area contributed by atoms with E-state index in [0.29, 0.717) is 41.4 Å². The number of carbonyl (C=O) groups is 2. The summed E-state index contributed by atoms with van der Waals surface area (Å²) in [5, 5.41) is 9.65. The third kappa shape index (κ3) is 4.42. The summed E-state index contributed by atoms with van der Waals surface area (Å²) in [6.07, 6.45) is 1.68. The fraction of sp³-hybridized carbons (Fsp3) is 0.269. The van der Waals surface area contributed by atoms with Crippen molar-refractivity contribution in [1.82, 2.24) is 4.90 Å². The Morgan fingerprint density at radius 1 is 1.00 bits per heavy atom. The zero-order valence-electron chi connectivity index (χ0n) is 18.7. The topological polar surface area (TPSA) is 79.6 Å². The highest BCUT2D eigenvalue weighted by Crippen LogP contribution is 2.34. The van der Waals surface area contributed by atoms with E-state index < -0.39 is 17.9 Å². The summed E-state index contributed by atoms with van der Waals surface area (Å²) >= 11 is 0. The van der Waals surface area contributed by atoms with E-state index in [9.17, 15) is 14.9 Å². The van der Waals surface area contributed by atoms with E-state index in [-0.39, 0.29) is 5.57 Å². The largest absolute Gasteiger partial charge is 0.490 e. The molecule has 1 atom stereocenters. The molecule has 0 saturated heterocycles. The molecule has 0 aromatic heterocycles. The molecule has 0 aliphatic carbocycles. The lowest BCUT2D eigenvalue weighted by Gasteiger charge is -2.32. The summed E-state index contributed by atoms with van der Waals surface area (Å²) < 4.78 is 11.3. The Hall–Kier alpha value is -3.85. The van der Waals surface area contributed by atoms with Gasteiger partial charge in [0.05, 0.1) is 19.3 Å². The quantitative estimate of drug-likeness (QED) is 0.464. The van der Waals surface area contributed by atoms with Crippen LogP contribution in [0.2, 0.25) is 0 Å². The van der Waals surface area contributed by atoms with Crippen molar-refractivity contribution in [1.29, 1.82) is 5.26 Å². The molecule has 1 aliphatic rings. The molecule has 3 rings (SSSR count). The number of nitriles is 1. The SMILES string of the molecule is CCOc1ccc(/C=C2/C(=O)N(C(C)c3ccccc3)C(=O)C(C#N)=C2C)cc1OCC. The number of hydrogen-bond donors (Lipinski definition) is 0. The van der Waals surface area contributed by atoms with Gasteiger partial charge in [-0.2, -0.15) is 5.26 Å². The van der Waals surface area contributed by atoms with Gasteiger partial charge >= 0.3 is 0 Å². The highest BCUT2D eigenvalue weighted by molar-refractivity contribution is 6.19. The fourth-order valence-corrected chi connectivity index (χ4v) is 3.66. The molecule has 0 saturated carbocycles. The minimum absolute atomic E-state index is 0.0328. The van der Waals surface area contributed by atoms with Crippen molar-refractivity contribution in [2.45, 2.75) is 33.7 Å². The highest BCUT2D eigenvalue weighted by atomic mass is 16.5. The zero-order chi connectivity index (χ0) is 23.3. The monoisotopic (exact) mass is 430 g/mol. The van der Waals surface area contributed by atoms with E-state index in [1.807, 2.05) is 56.3 Å². The van der Waals surface area contributed by atoms with Crippen LogP contribution in [0.15, 0.2) is 65.3 Å². The first kappa shape index (κ1) is 22.8. The van der Waals surface area contributed by atoms with Gasteiger partial charge in [0, 0.05) is 5.57 Å². The van der Waals surface area contributed by atoms with Gasteiger partial charge in [0.25, 0.3) is 11.8 Å². The first-order valence-corrected chi connectivity index (χ1v) is 10.6. The molecule has 0 bridgehead atoms. The zero-order valence-corrected chi connectivity index (χ0v) is 18.7. The van der Waals surface area contributed by atoms with Gasteiger partial charge in [-0.25, -0.2) is 0 Å². The standard InChI is InChI=1S/C26H26N2O4/c1-5-31-23-13-12-19(15-24(23)32-6-2)14-21-17(3)22(16-27)26(30)28(25(21)29)18(4)20-10-8-7-9-11-20/h7-15,18H,5-6H2,1-4H3/b21-14+. The first-order chi connectivity index (χ1) is 15.4. The third-order valence-corrected chi connectivity index (χ3v) is 5.32. The predicted molar refractivity (Wildman–Crippen MR) is 122 cm³/mol. The van der Waals surface area contributed by atoms with Gasteiger partial charge in [-0.15, -0.1) is 0 Å². The predicted octanol–water partition coefficient (Wildman–Crippen LogP) is 4.84. The summed E-state index contributed by atoms with van der Waals surface area (Å²) in [5.41, 5.74) is 2.15. The van der Waals surface area contributed by atoms with Crippen molar-refractivity contribution >= 4 is 17.9 Å². The average molecular weight is 431 g/mol. The molecule has 1 aliphatic heterocycles. The normalized spacial score (nSPS) is 16.2. The van der Waals surface area contributed by atoms with Gasteiger partial charge in [-0.3, -0.25) is 14.5 Å². The molecule has 1 heterocycles. The summed E-state index contributed by atoms with van der Waals surface area (Å²) in [5.74, 6) is 0.172. The van der Waals surface area contributed by atoms with E-state index >= 15 is 0 Å². The van der Waals surface area contributed by atoms with Crippen molar-refractivity contribution < 1.29 is 19.1 Å². The Bertz CT molecular complexity index is 1130. The summed E-state index contributed by atoms with van der Waals surface area (Å²) in [7, 11) is 0. The lowest BCUT2D eigenvalue weighted by molar-refractivity contribution is -0.143. The lowest BCUT2D eigenvalue weighted by Crippen LogP contribution is -2.44. The second-order valence-corrected chi connectivity index (χ2v) is 7.31. The molecule has 32 heavy (non-hydrogen) atoms. The molecule has 0 fully saturated rings. The Balaban J connectivity index is 2.09. The van der Waals surface area contributed by atoms with Gasteiger partial charge < -0.3 is 9.47 Å². The maximum Gasteiger partial charge on any atom is 0.272 e. The van der Waals surface area contributed by atoms with Gasteiger partial charge in [-0.05, 0) is 62.6 Å². The van der Waals surface area contributed by atoms with Crippen LogP contribution in [-0.2, 0) is 9.59 Å². The molecule has 0 spiro atoms. The number of benzene rings is 2. The van der Waals surface area contributed by atoms with Crippen LogP contribution in [0.25, 0.3) is 6.08 Å². The van der Waals surface area contributed by atoms with Crippen LogP contribution >= 0.6 is 0 Å². The number of ether oxygens (including phenoxy) is 2. The molecule has 2 amide bonds.